The van der Waals surface area contributed by atoms with Crippen molar-refractivity contribution in [2.24, 2.45) is 5.73 Å². The second-order valence-corrected chi connectivity index (χ2v) is 9.96. The first-order valence-electron chi connectivity index (χ1n) is 12.1. The number of amides is 2. The highest BCUT2D eigenvalue weighted by molar-refractivity contribution is 5.88. The Labute approximate surface area is 205 Å². The fourth-order valence-corrected chi connectivity index (χ4v) is 4.83. The van der Waals surface area contributed by atoms with E-state index in [1.54, 1.807) is 0 Å². The molecule has 4 rings (SSSR count). The van der Waals surface area contributed by atoms with Gasteiger partial charge in [-0.05, 0) is 50.8 Å². The molecule has 8 heteroatoms. The Hall–Kier alpha value is -3.26. The summed E-state index contributed by atoms with van der Waals surface area (Å²) in [5, 5.41) is 7.14. The molecular formula is C27H33F2N5O. The molecule has 3 aromatic rings. The number of rotatable bonds is 5. The minimum absolute atomic E-state index is 0.0912. The second-order valence-electron chi connectivity index (χ2n) is 9.96. The number of fused-ring (bicyclic) bond motifs is 1. The fourth-order valence-electron chi connectivity index (χ4n) is 4.83. The number of carbonyl (C=O) groups excluding carboxylic acids is 1. The summed E-state index contributed by atoms with van der Waals surface area (Å²) in [6.45, 7) is 12.0. The van der Waals surface area contributed by atoms with Crippen LogP contribution < -0.4 is 11.1 Å². The lowest BCUT2D eigenvalue weighted by molar-refractivity contribution is 0.120. The lowest BCUT2D eigenvalue weighted by Gasteiger charge is -2.38. The van der Waals surface area contributed by atoms with E-state index in [1.807, 2.05) is 10.7 Å². The van der Waals surface area contributed by atoms with Gasteiger partial charge in [0.25, 0.3) is 0 Å². The Morgan fingerprint density at radius 2 is 1.77 bits per heavy atom. The molecule has 0 unspecified atom stereocenters. The normalized spacial score (nSPS) is 14.1. The number of hydrogen-bond donors (Lipinski definition) is 2. The van der Waals surface area contributed by atoms with E-state index in [9.17, 15) is 4.79 Å². The molecule has 186 valence electrons. The molecule has 0 saturated carbocycles. The van der Waals surface area contributed by atoms with Crippen molar-refractivity contribution in [3.05, 3.63) is 64.4 Å². The minimum Gasteiger partial charge on any atom is -0.351 e. The molecule has 0 spiro atoms. The van der Waals surface area contributed by atoms with Gasteiger partial charge in [0.2, 0.25) is 0 Å². The zero-order valence-corrected chi connectivity index (χ0v) is 21.0. The van der Waals surface area contributed by atoms with Crippen LogP contribution in [-0.4, -0.2) is 32.8 Å². The molecule has 0 saturated heterocycles. The topological polar surface area (TPSA) is 76.2 Å². The molecule has 2 amide bonds. The van der Waals surface area contributed by atoms with Crippen LogP contribution in [0.25, 0.3) is 16.9 Å². The van der Waals surface area contributed by atoms with Crippen molar-refractivity contribution in [1.29, 1.82) is 0 Å². The number of anilines is 1. The first-order valence-corrected chi connectivity index (χ1v) is 12.1. The molecule has 2 heterocycles. The Morgan fingerprint density at radius 3 is 2.34 bits per heavy atom. The van der Waals surface area contributed by atoms with Crippen LogP contribution in [0.5, 0.6) is 0 Å². The summed E-state index contributed by atoms with van der Waals surface area (Å²) in [5.41, 5.74) is 10.3. The van der Waals surface area contributed by atoms with Gasteiger partial charge >= 0.3 is 6.03 Å². The highest BCUT2D eigenvalue weighted by Crippen LogP contribution is 2.38. The maximum atomic E-state index is 15.6. The predicted octanol–water partition coefficient (Wildman–Crippen LogP) is 5.59. The maximum absolute atomic E-state index is 15.6. The number of aromatic nitrogens is 2. The summed E-state index contributed by atoms with van der Waals surface area (Å²) < 4.78 is 32.4. The molecule has 1 aliphatic heterocycles. The molecule has 0 radical (unpaired) electrons. The number of carbonyl (C=O) groups is 1. The zero-order chi connectivity index (χ0) is 25.5. The van der Waals surface area contributed by atoms with Crippen molar-refractivity contribution in [1.82, 2.24) is 14.7 Å². The highest BCUT2D eigenvalue weighted by Gasteiger charge is 2.33. The lowest BCUT2D eigenvalue weighted by atomic mass is 9.95. The van der Waals surface area contributed by atoms with Crippen LogP contribution in [-0.2, 0) is 25.8 Å². The van der Waals surface area contributed by atoms with Gasteiger partial charge in [-0.2, -0.15) is 5.10 Å². The van der Waals surface area contributed by atoms with Gasteiger partial charge in [-0.3, -0.25) is 4.90 Å². The summed E-state index contributed by atoms with van der Waals surface area (Å²) in [7, 11) is 0. The van der Waals surface area contributed by atoms with Gasteiger partial charge < -0.3 is 11.1 Å². The van der Waals surface area contributed by atoms with Gasteiger partial charge in [0.05, 0.1) is 22.8 Å². The van der Waals surface area contributed by atoms with Gasteiger partial charge in [-0.1, -0.05) is 32.0 Å². The maximum Gasteiger partial charge on any atom is 0.316 e. The number of urea groups is 1. The van der Waals surface area contributed by atoms with Gasteiger partial charge in [0, 0.05) is 42.2 Å². The largest absolute Gasteiger partial charge is 0.351 e. The number of para-hydroxylation sites is 1. The third-order valence-corrected chi connectivity index (χ3v) is 6.73. The van der Waals surface area contributed by atoms with E-state index < -0.39 is 17.7 Å². The Bertz CT molecular complexity index is 1250. The predicted molar refractivity (Wildman–Crippen MR) is 135 cm³/mol. The van der Waals surface area contributed by atoms with Crippen LogP contribution in [0, 0.1) is 11.6 Å². The average Bonchev–Trinajstić information content (AvgIpc) is 3.17. The SMILES string of the molecule is CCc1cccc(CC)c1-n1nc2c(c1-c1cc(F)c(NC(N)=O)cc1F)CN(C(C)(C)C)CC2. The number of nitrogens with one attached hydrogen (secondary N) is 1. The third-order valence-electron chi connectivity index (χ3n) is 6.73. The first kappa shape index (κ1) is 24.9. The van der Waals surface area contributed by atoms with Crippen molar-refractivity contribution in [3.8, 4) is 16.9 Å². The molecular weight excluding hydrogens is 448 g/mol. The number of nitrogens with zero attached hydrogens (tertiary/aromatic N) is 3. The fraction of sp³-hybridized carbons (Fsp3) is 0.407. The zero-order valence-electron chi connectivity index (χ0n) is 21.0. The molecule has 0 bridgehead atoms. The van der Waals surface area contributed by atoms with E-state index in [2.05, 4.69) is 57.0 Å². The molecule has 6 nitrogen and oxygen atoms in total. The van der Waals surface area contributed by atoms with Crippen molar-refractivity contribution in [3.63, 3.8) is 0 Å². The van der Waals surface area contributed by atoms with E-state index in [4.69, 9.17) is 10.8 Å². The number of hydrogen-bond acceptors (Lipinski definition) is 3. The molecule has 1 aliphatic rings. The standard InChI is InChI=1S/C27H33F2N5O/c1-6-16-9-8-10-17(7-2)24(16)34-25(18-13-21(29)23(14-20(18)28)31-26(30)35)19-15-33(27(3,4)5)12-11-22(19)32-34/h8-10,13-14H,6-7,11-12,15H2,1-5H3,(H3,30,31,35). The number of halogens is 2. The Morgan fingerprint density at radius 1 is 1.11 bits per heavy atom. The van der Waals surface area contributed by atoms with Gasteiger partial charge in [0.1, 0.15) is 11.6 Å². The summed E-state index contributed by atoms with van der Waals surface area (Å²) in [4.78, 5) is 13.6. The summed E-state index contributed by atoms with van der Waals surface area (Å²) in [6, 6.07) is 7.29. The van der Waals surface area contributed by atoms with Crippen molar-refractivity contribution in [2.45, 2.75) is 66.0 Å². The lowest BCUT2D eigenvalue weighted by Crippen LogP contribution is -2.44. The molecule has 0 atom stereocenters. The Kier molecular flexibility index (Phi) is 6.68. The number of benzene rings is 2. The van der Waals surface area contributed by atoms with Crippen LogP contribution >= 0.6 is 0 Å². The monoisotopic (exact) mass is 481 g/mol. The van der Waals surface area contributed by atoms with Crippen LogP contribution in [0.2, 0.25) is 0 Å². The van der Waals surface area contributed by atoms with Crippen molar-refractivity contribution in [2.75, 3.05) is 11.9 Å². The van der Waals surface area contributed by atoms with Crippen LogP contribution in [0.3, 0.4) is 0 Å². The third kappa shape index (κ3) is 4.67. The van der Waals surface area contributed by atoms with Crippen LogP contribution in [0.4, 0.5) is 19.3 Å². The summed E-state index contributed by atoms with van der Waals surface area (Å²) >= 11 is 0. The van der Waals surface area contributed by atoms with E-state index in [-0.39, 0.29) is 16.8 Å². The average molecular weight is 482 g/mol. The van der Waals surface area contributed by atoms with Gasteiger partial charge in [0.15, 0.2) is 0 Å². The van der Waals surface area contributed by atoms with Gasteiger partial charge in [-0.25, -0.2) is 18.3 Å². The molecule has 0 fully saturated rings. The first-order chi connectivity index (χ1) is 16.5. The van der Waals surface area contributed by atoms with Crippen molar-refractivity contribution < 1.29 is 13.6 Å². The van der Waals surface area contributed by atoms with E-state index in [0.717, 1.165) is 59.6 Å². The Balaban J connectivity index is 2.01. The molecule has 1 aromatic heterocycles. The molecule has 35 heavy (non-hydrogen) atoms. The van der Waals surface area contributed by atoms with E-state index >= 15 is 8.78 Å². The van der Waals surface area contributed by atoms with E-state index in [1.165, 1.54) is 0 Å². The molecule has 0 aliphatic carbocycles. The van der Waals surface area contributed by atoms with Crippen LogP contribution in [0.15, 0.2) is 30.3 Å². The van der Waals surface area contributed by atoms with Gasteiger partial charge in [-0.15, -0.1) is 0 Å². The highest BCUT2D eigenvalue weighted by atomic mass is 19.1. The molecule has 2 aromatic carbocycles. The molecule has 3 N–H and O–H groups in total. The number of primary amides is 1. The van der Waals surface area contributed by atoms with Crippen LogP contribution in [0.1, 0.15) is 57.0 Å². The number of nitrogens with two attached hydrogens (primary N) is 1. The number of aryl methyl sites for hydroxylation is 2. The smallest absolute Gasteiger partial charge is 0.316 e. The summed E-state index contributed by atoms with van der Waals surface area (Å²) in [5.74, 6) is -1.41. The van der Waals surface area contributed by atoms with E-state index in [0.29, 0.717) is 18.7 Å². The summed E-state index contributed by atoms with van der Waals surface area (Å²) in [6.07, 6.45) is 2.27. The minimum atomic E-state index is -0.955. The van der Waals surface area contributed by atoms with Crippen molar-refractivity contribution >= 4 is 11.7 Å². The quantitative estimate of drug-likeness (QED) is 0.499. The second kappa shape index (κ2) is 9.41.